The number of H-pyrrole nitrogens is 1. The Bertz CT molecular complexity index is 1270. The first-order valence-electron chi connectivity index (χ1n) is 10.2. The Labute approximate surface area is 175 Å². The van der Waals surface area contributed by atoms with Gasteiger partial charge in [0.05, 0.1) is 10.4 Å². The summed E-state index contributed by atoms with van der Waals surface area (Å²) in [5.41, 5.74) is 0.936. The Kier molecular flexibility index (Phi) is 4.30. The molecule has 30 heavy (non-hydrogen) atoms. The minimum absolute atomic E-state index is 0.198. The number of pyridine rings is 1. The average molecular weight is 428 g/mol. The fraction of sp³-hybridized carbons (Fsp3) is 0.429. The van der Waals surface area contributed by atoms with Crippen molar-refractivity contribution in [3.05, 3.63) is 46.9 Å². The SMILES string of the molecule is CC1(C)CCN1S(=O)(=O)c1ccc(Nc2nn(CC3CC3)c3cc[nH]c(=O)c23)cc1. The smallest absolute Gasteiger partial charge is 0.261 e. The van der Waals surface area contributed by atoms with E-state index in [1.165, 1.54) is 17.1 Å². The zero-order chi connectivity index (χ0) is 21.1. The van der Waals surface area contributed by atoms with Gasteiger partial charge in [-0.2, -0.15) is 9.40 Å². The summed E-state index contributed by atoms with van der Waals surface area (Å²) in [4.78, 5) is 15.4. The van der Waals surface area contributed by atoms with Gasteiger partial charge in [0.25, 0.3) is 5.56 Å². The molecule has 2 aliphatic rings. The molecule has 0 radical (unpaired) electrons. The van der Waals surface area contributed by atoms with E-state index in [1.54, 1.807) is 30.5 Å². The Hall–Kier alpha value is -2.65. The average Bonchev–Trinajstić information content (AvgIpc) is 3.43. The first-order chi connectivity index (χ1) is 14.3. The number of aromatic amines is 1. The third kappa shape index (κ3) is 3.22. The fourth-order valence-electron chi connectivity index (χ4n) is 3.98. The molecule has 5 rings (SSSR count). The Morgan fingerprint density at radius 2 is 1.93 bits per heavy atom. The Morgan fingerprint density at radius 1 is 1.20 bits per heavy atom. The molecule has 0 amide bonds. The monoisotopic (exact) mass is 427 g/mol. The first-order valence-corrected chi connectivity index (χ1v) is 11.7. The number of benzene rings is 1. The lowest BCUT2D eigenvalue weighted by Crippen LogP contribution is -2.58. The maximum Gasteiger partial charge on any atom is 0.261 e. The summed E-state index contributed by atoms with van der Waals surface area (Å²) in [5.74, 6) is 1.10. The second-order valence-corrected chi connectivity index (χ2v) is 10.7. The minimum atomic E-state index is -3.51. The maximum atomic E-state index is 12.9. The highest BCUT2D eigenvalue weighted by Crippen LogP contribution is 2.36. The number of nitrogens with one attached hydrogen (secondary N) is 2. The van der Waals surface area contributed by atoms with Crippen molar-refractivity contribution in [2.75, 3.05) is 11.9 Å². The molecular formula is C21H25N5O3S. The molecule has 3 aromatic rings. The molecular weight excluding hydrogens is 402 g/mol. The van der Waals surface area contributed by atoms with E-state index in [9.17, 15) is 13.2 Å². The molecule has 1 aliphatic carbocycles. The molecule has 2 N–H and O–H groups in total. The number of rotatable bonds is 6. The number of fused-ring (bicyclic) bond motifs is 1. The molecule has 0 atom stereocenters. The second-order valence-electron chi connectivity index (χ2n) is 8.83. The van der Waals surface area contributed by atoms with Crippen molar-refractivity contribution in [3.8, 4) is 0 Å². The van der Waals surface area contributed by atoms with Gasteiger partial charge in [-0.1, -0.05) is 0 Å². The van der Waals surface area contributed by atoms with Gasteiger partial charge in [-0.15, -0.1) is 0 Å². The highest BCUT2D eigenvalue weighted by Gasteiger charge is 2.44. The lowest BCUT2D eigenvalue weighted by molar-refractivity contribution is 0.110. The highest BCUT2D eigenvalue weighted by molar-refractivity contribution is 7.89. The summed E-state index contributed by atoms with van der Waals surface area (Å²) < 4.78 is 29.2. The third-order valence-corrected chi connectivity index (χ3v) is 8.23. The zero-order valence-electron chi connectivity index (χ0n) is 17.1. The zero-order valence-corrected chi connectivity index (χ0v) is 17.9. The van der Waals surface area contributed by atoms with E-state index in [0.717, 1.165) is 18.5 Å². The topological polar surface area (TPSA) is 100 Å². The van der Waals surface area contributed by atoms with Gasteiger partial charge in [-0.05, 0) is 69.4 Å². The Balaban J connectivity index is 1.44. The molecule has 0 unspecified atom stereocenters. The summed E-state index contributed by atoms with van der Waals surface area (Å²) in [7, 11) is -3.51. The lowest BCUT2D eigenvalue weighted by atomic mass is 9.93. The molecule has 1 aliphatic heterocycles. The van der Waals surface area contributed by atoms with Crippen molar-refractivity contribution in [3.63, 3.8) is 0 Å². The van der Waals surface area contributed by atoms with Crippen molar-refractivity contribution < 1.29 is 8.42 Å². The third-order valence-electron chi connectivity index (χ3n) is 6.11. The van der Waals surface area contributed by atoms with Gasteiger partial charge < -0.3 is 10.3 Å². The summed E-state index contributed by atoms with van der Waals surface area (Å²) in [6.07, 6.45) is 4.88. The van der Waals surface area contributed by atoms with E-state index in [2.05, 4.69) is 15.4 Å². The lowest BCUT2D eigenvalue weighted by Gasteiger charge is -2.46. The van der Waals surface area contributed by atoms with Gasteiger partial charge in [0, 0.05) is 30.5 Å². The van der Waals surface area contributed by atoms with E-state index in [4.69, 9.17) is 0 Å². The normalized spacial score (nSPS) is 19.0. The van der Waals surface area contributed by atoms with Crippen LogP contribution in [0.3, 0.4) is 0 Å². The minimum Gasteiger partial charge on any atom is -0.338 e. The van der Waals surface area contributed by atoms with Gasteiger partial charge in [0.2, 0.25) is 10.0 Å². The van der Waals surface area contributed by atoms with Gasteiger partial charge in [0.15, 0.2) is 5.82 Å². The van der Waals surface area contributed by atoms with Crippen molar-refractivity contribution in [2.45, 2.75) is 50.1 Å². The van der Waals surface area contributed by atoms with Crippen molar-refractivity contribution in [2.24, 2.45) is 5.92 Å². The van der Waals surface area contributed by atoms with E-state index in [0.29, 0.717) is 29.4 Å². The molecule has 158 valence electrons. The van der Waals surface area contributed by atoms with E-state index >= 15 is 0 Å². The molecule has 8 nitrogen and oxygen atoms in total. The summed E-state index contributed by atoms with van der Waals surface area (Å²) in [6.45, 7) is 5.21. The first kappa shape index (κ1) is 19.3. The van der Waals surface area contributed by atoms with Crippen LogP contribution in [-0.4, -0.2) is 39.6 Å². The Morgan fingerprint density at radius 3 is 2.53 bits per heavy atom. The van der Waals surface area contributed by atoms with Crippen LogP contribution in [0.4, 0.5) is 11.5 Å². The molecule has 1 aromatic carbocycles. The predicted molar refractivity (Wildman–Crippen MR) is 115 cm³/mol. The summed E-state index contributed by atoms with van der Waals surface area (Å²) in [5, 5.41) is 8.33. The number of sulfonamides is 1. The fourth-order valence-corrected chi connectivity index (χ4v) is 5.79. The molecule has 1 saturated heterocycles. The largest absolute Gasteiger partial charge is 0.338 e. The molecule has 0 spiro atoms. The van der Waals surface area contributed by atoms with E-state index in [-0.39, 0.29) is 16.0 Å². The number of nitrogens with zero attached hydrogens (tertiary/aromatic N) is 3. The standard InChI is InChI=1S/C21H25N5O3S/c1-21(2)10-12-26(21)30(28,29)16-7-5-15(6-8-16)23-19-18-17(9-11-22-20(18)27)25(24-19)13-14-3-4-14/h5-9,11,14H,3-4,10,12-13H2,1-2H3,(H,22,27)(H,23,24). The van der Waals surface area contributed by atoms with Crippen molar-refractivity contribution in [1.82, 2.24) is 19.1 Å². The van der Waals surface area contributed by atoms with Gasteiger partial charge >= 0.3 is 0 Å². The quantitative estimate of drug-likeness (QED) is 0.630. The van der Waals surface area contributed by atoms with Crippen LogP contribution in [0.1, 0.15) is 33.1 Å². The second kappa shape index (κ2) is 6.68. The van der Waals surface area contributed by atoms with Crippen LogP contribution in [0.15, 0.2) is 46.2 Å². The molecule has 0 bridgehead atoms. The van der Waals surface area contributed by atoms with Gasteiger partial charge in [-0.3, -0.25) is 9.48 Å². The van der Waals surface area contributed by atoms with Crippen molar-refractivity contribution >= 4 is 32.4 Å². The predicted octanol–water partition coefficient (Wildman–Crippen LogP) is 3.05. The number of hydrogen-bond acceptors (Lipinski definition) is 5. The van der Waals surface area contributed by atoms with Gasteiger partial charge in [-0.25, -0.2) is 8.42 Å². The molecule has 1 saturated carbocycles. The summed E-state index contributed by atoms with van der Waals surface area (Å²) in [6, 6.07) is 8.48. The van der Waals surface area contributed by atoms with Crippen molar-refractivity contribution in [1.29, 1.82) is 0 Å². The molecule has 3 heterocycles. The van der Waals surface area contributed by atoms with Crippen LogP contribution in [0.2, 0.25) is 0 Å². The van der Waals surface area contributed by atoms with Crippen LogP contribution < -0.4 is 10.9 Å². The highest BCUT2D eigenvalue weighted by atomic mass is 32.2. The number of hydrogen-bond donors (Lipinski definition) is 2. The van der Waals surface area contributed by atoms with Gasteiger partial charge in [0.1, 0.15) is 5.39 Å². The van der Waals surface area contributed by atoms with Crippen LogP contribution >= 0.6 is 0 Å². The molecule has 2 aromatic heterocycles. The van der Waals surface area contributed by atoms with E-state index in [1.807, 2.05) is 24.6 Å². The van der Waals surface area contributed by atoms with Crippen LogP contribution in [0, 0.1) is 5.92 Å². The van der Waals surface area contributed by atoms with Crippen LogP contribution in [0.5, 0.6) is 0 Å². The van der Waals surface area contributed by atoms with Crippen LogP contribution in [-0.2, 0) is 16.6 Å². The number of aromatic nitrogens is 3. The molecule has 9 heteroatoms. The molecule has 2 fully saturated rings. The summed E-state index contributed by atoms with van der Waals surface area (Å²) >= 11 is 0. The van der Waals surface area contributed by atoms with Crippen LogP contribution in [0.25, 0.3) is 10.9 Å². The van der Waals surface area contributed by atoms with E-state index < -0.39 is 10.0 Å². The maximum absolute atomic E-state index is 12.9. The number of anilines is 2.